The van der Waals surface area contributed by atoms with Crippen LogP contribution in [0.2, 0.25) is 0 Å². The zero-order valence-electron chi connectivity index (χ0n) is 14.1. The van der Waals surface area contributed by atoms with Gasteiger partial charge in [0.15, 0.2) is 17.4 Å². The Kier molecular flexibility index (Phi) is 5.47. The van der Waals surface area contributed by atoms with Crippen molar-refractivity contribution in [2.45, 2.75) is 57.3 Å². The highest BCUT2D eigenvalue weighted by Gasteiger charge is 2.32. The van der Waals surface area contributed by atoms with Crippen LogP contribution < -0.4 is 0 Å². The largest absolute Gasteiger partial charge is 0.295 e. The summed E-state index contributed by atoms with van der Waals surface area (Å²) in [5.74, 6) is 0.706. The minimum atomic E-state index is -0.765. The predicted octanol–water partition coefficient (Wildman–Crippen LogP) is 5.80. The Labute approximate surface area is 143 Å². The van der Waals surface area contributed by atoms with Crippen LogP contribution in [-0.2, 0) is 4.79 Å². The Hall–Kier alpha value is -1.51. The monoisotopic (exact) mass is 332 g/mol. The third kappa shape index (κ3) is 3.76. The molecule has 2 fully saturated rings. The standard InChI is InChI=1S/C21H26F2O/c1-2-21(24)17-9-7-15(8-10-17)14-3-5-16(6-4-14)18-11-12-19(22)20(23)13-18/h2,11-17H,1,3-10H2. The number of carbonyl (C=O) groups is 1. The van der Waals surface area contributed by atoms with Crippen LogP contribution >= 0.6 is 0 Å². The van der Waals surface area contributed by atoms with Gasteiger partial charge in [0.05, 0.1) is 0 Å². The van der Waals surface area contributed by atoms with Crippen LogP contribution in [0.25, 0.3) is 0 Å². The van der Waals surface area contributed by atoms with E-state index in [1.165, 1.54) is 18.2 Å². The molecule has 0 radical (unpaired) electrons. The summed E-state index contributed by atoms with van der Waals surface area (Å²) in [4.78, 5) is 11.7. The smallest absolute Gasteiger partial charge is 0.159 e. The van der Waals surface area contributed by atoms with Crippen LogP contribution in [0.5, 0.6) is 0 Å². The fourth-order valence-corrected chi connectivity index (χ4v) is 4.73. The molecule has 3 heteroatoms. The third-order valence-electron chi connectivity index (χ3n) is 6.23. The zero-order chi connectivity index (χ0) is 17.1. The summed E-state index contributed by atoms with van der Waals surface area (Å²) in [6.45, 7) is 3.59. The van der Waals surface area contributed by atoms with E-state index in [0.717, 1.165) is 68.8 Å². The Morgan fingerprint density at radius 1 is 0.917 bits per heavy atom. The lowest BCUT2D eigenvalue weighted by atomic mass is 9.68. The van der Waals surface area contributed by atoms with Gasteiger partial charge >= 0.3 is 0 Å². The second kappa shape index (κ2) is 7.58. The van der Waals surface area contributed by atoms with Crippen LogP contribution in [0.4, 0.5) is 8.78 Å². The molecule has 1 aromatic rings. The maximum absolute atomic E-state index is 13.4. The number of hydrogen-bond donors (Lipinski definition) is 0. The van der Waals surface area contributed by atoms with Crippen molar-refractivity contribution in [1.82, 2.24) is 0 Å². The van der Waals surface area contributed by atoms with Crippen LogP contribution in [0.1, 0.15) is 62.8 Å². The molecule has 2 saturated carbocycles. The summed E-state index contributed by atoms with van der Waals surface area (Å²) < 4.78 is 26.5. The summed E-state index contributed by atoms with van der Waals surface area (Å²) in [5, 5.41) is 0. The highest BCUT2D eigenvalue weighted by atomic mass is 19.2. The number of halogens is 2. The van der Waals surface area contributed by atoms with E-state index in [4.69, 9.17) is 0 Å². The van der Waals surface area contributed by atoms with Gasteiger partial charge in [-0.15, -0.1) is 0 Å². The van der Waals surface area contributed by atoms with Crippen molar-refractivity contribution in [3.05, 3.63) is 48.1 Å². The first-order valence-corrected chi connectivity index (χ1v) is 9.19. The molecule has 0 atom stereocenters. The molecule has 0 N–H and O–H groups in total. The minimum Gasteiger partial charge on any atom is -0.295 e. The maximum atomic E-state index is 13.4. The predicted molar refractivity (Wildman–Crippen MR) is 91.7 cm³/mol. The molecular formula is C21H26F2O. The number of allylic oxidation sites excluding steroid dienone is 1. The first kappa shape index (κ1) is 17.3. The van der Waals surface area contributed by atoms with Crippen molar-refractivity contribution < 1.29 is 13.6 Å². The molecule has 0 aliphatic heterocycles. The fourth-order valence-electron chi connectivity index (χ4n) is 4.73. The maximum Gasteiger partial charge on any atom is 0.159 e. The number of benzene rings is 1. The Morgan fingerprint density at radius 3 is 2.04 bits per heavy atom. The van der Waals surface area contributed by atoms with Gasteiger partial charge in [0.2, 0.25) is 0 Å². The molecule has 3 rings (SSSR count). The quantitative estimate of drug-likeness (QED) is 0.637. The van der Waals surface area contributed by atoms with E-state index >= 15 is 0 Å². The van der Waals surface area contributed by atoms with Gasteiger partial charge in [0, 0.05) is 5.92 Å². The topological polar surface area (TPSA) is 17.1 Å². The van der Waals surface area contributed by atoms with Gasteiger partial charge in [0.25, 0.3) is 0 Å². The van der Waals surface area contributed by atoms with E-state index < -0.39 is 11.6 Å². The van der Waals surface area contributed by atoms with Gasteiger partial charge in [0.1, 0.15) is 0 Å². The normalized spacial score (nSPS) is 30.8. The Morgan fingerprint density at radius 2 is 1.50 bits per heavy atom. The summed E-state index contributed by atoms with van der Waals surface area (Å²) in [7, 11) is 0. The Balaban J connectivity index is 1.51. The fraction of sp³-hybridized carbons (Fsp3) is 0.571. The number of hydrogen-bond acceptors (Lipinski definition) is 1. The second-order valence-electron chi connectivity index (χ2n) is 7.50. The molecule has 1 aromatic carbocycles. The van der Waals surface area contributed by atoms with Gasteiger partial charge < -0.3 is 0 Å². The summed E-state index contributed by atoms with van der Waals surface area (Å²) in [6.07, 6.45) is 10.2. The molecule has 0 amide bonds. The average Bonchev–Trinajstić information content (AvgIpc) is 2.63. The van der Waals surface area contributed by atoms with Crippen molar-refractivity contribution in [3.63, 3.8) is 0 Å². The van der Waals surface area contributed by atoms with Gasteiger partial charge in [-0.05, 0) is 92.9 Å². The van der Waals surface area contributed by atoms with E-state index in [-0.39, 0.29) is 11.7 Å². The summed E-state index contributed by atoms with van der Waals surface area (Å²) in [6, 6.07) is 4.34. The third-order valence-corrected chi connectivity index (χ3v) is 6.23. The lowest BCUT2D eigenvalue weighted by Crippen LogP contribution is -2.27. The lowest BCUT2D eigenvalue weighted by Gasteiger charge is -2.37. The Bertz CT molecular complexity index is 594. The molecule has 0 heterocycles. The van der Waals surface area contributed by atoms with Crippen LogP contribution in [0.15, 0.2) is 30.9 Å². The molecule has 0 spiro atoms. The molecule has 2 aliphatic carbocycles. The van der Waals surface area contributed by atoms with Crippen LogP contribution in [0.3, 0.4) is 0 Å². The van der Waals surface area contributed by atoms with Crippen molar-refractivity contribution in [2.75, 3.05) is 0 Å². The number of ketones is 1. The molecule has 130 valence electrons. The molecule has 1 nitrogen and oxygen atoms in total. The lowest BCUT2D eigenvalue weighted by molar-refractivity contribution is -0.119. The van der Waals surface area contributed by atoms with Crippen molar-refractivity contribution in [3.8, 4) is 0 Å². The van der Waals surface area contributed by atoms with Gasteiger partial charge in [-0.1, -0.05) is 12.6 Å². The van der Waals surface area contributed by atoms with Gasteiger partial charge in [-0.3, -0.25) is 4.79 Å². The van der Waals surface area contributed by atoms with E-state index in [9.17, 15) is 13.6 Å². The molecule has 2 aliphatic rings. The average molecular weight is 332 g/mol. The van der Waals surface area contributed by atoms with Crippen molar-refractivity contribution in [1.29, 1.82) is 0 Å². The second-order valence-corrected chi connectivity index (χ2v) is 7.50. The molecule has 24 heavy (non-hydrogen) atoms. The highest BCUT2D eigenvalue weighted by molar-refractivity contribution is 5.91. The zero-order valence-corrected chi connectivity index (χ0v) is 14.1. The van der Waals surface area contributed by atoms with Crippen molar-refractivity contribution in [2.24, 2.45) is 17.8 Å². The van der Waals surface area contributed by atoms with Crippen molar-refractivity contribution >= 4 is 5.78 Å². The van der Waals surface area contributed by atoms with Crippen LogP contribution in [0, 0.1) is 29.4 Å². The highest BCUT2D eigenvalue weighted by Crippen LogP contribution is 2.44. The SMILES string of the molecule is C=CC(=O)C1CCC(C2CCC(c3ccc(F)c(F)c3)CC2)CC1. The number of rotatable bonds is 4. The summed E-state index contributed by atoms with van der Waals surface area (Å²) in [5.41, 5.74) is 0.938. The molecular weight excluding hydrogens is 306 g/mol. The first-order valence-electron chi connectivity index (χ1n) is 9.19. The van der Waals surface area contributed by atoms with E-state index in [1.54, 1.807) is 6.07 Å². The summed E-state index contributed by atoms with van der Waals surface area (Å²) >= 11 is 0. The molecule has 0 saturated heterocycles. The van der Waals surface area contributed by atoms with E-state index in [2.05, 4.69) is 6.58 Å². The molecule has 0 aromatic heterocycles. The molecule has 0 bridgehead atoms. The number of carbonyl (C=O) groups excluding carboxylic acids is 1. The van der Waals surface area contributed by atoms with E-state index in [1.807, 2.05) is 0 Å². The first-order chi connectivity index (χ1) is 11.6. The van der Waals surface area contributed by atoms with E-state index in [0.29, 0.717) is 5.92 Å². The minimum absolute atomic E-state index is 0.192. The molecule has 0 unspecified atom stereocenters. The van der Waals surface area contributed by atoms with Crippen LogP contribution in [-0.4, -0.2) is 5.78 Å². The van der Waals surface area contributed by atoms with Gasteiger partial charge in [-0.25, -0.2) is 8.78 Å². The van der Waals surface area contributed by atoms with Gasteiger partial charge in [-0.2, -0.15) is 0 Å².